The Balaban J connectivity index is 1.22. The Morgan fingerprint density at radius 2 is 1.71 bits per heavy atom. The summed E-state index contributed by atoms with van der Waals surface area (Å²) in [5, 5.41) is 0. The van der Waals surface area contributed by atoms with Crippen LogP contribution in [0.5, 0.6) is 0 Å². The summed E-state index contributed by atoms with van der Waals surface area (Å²) >= 11 is 0. The van der Waals surface area contributed by atoms with Crippen LogP contribution in [0.15, 0.2) is 59.7 Å². The number of likely N-dealkylation sites (tertiary alicyclic amines) is 1. The lowest BCUT2D eigenvalue weighted by Crippen LogP contribution is -2.37. The van der Waals surface area contributed by atoms with Crippen LogP contribution >= 0.6 is 0 Å². The van der Waals surface area contributed by atoms with Gasteiger partial charge in [0.25, 0.3) is 5.56 Å². The van der Waals surface area contributed by atoms with Gasteiger partial charge in [-0.1, -0.05) is 36.4 Å². The van der Waals surface area contributed by atoms with Crippen molar-refractivity contribution in [2.24, 2.45) is 0 Å². The highest BCUT2D eigenvalue weighted by Gasteiger charge is 2.26. The van der Waals surface area contributed by atoms with Crippen molar-refractivity contribution in [1.82, 2.24) is 24.8 Å². The van der Waals surface area contributed by atoms with E-state index in [0.29, 0.717) is 12.5 Å². The predicted molar refractivity (Wildman–Crippen MR) is 121 cm³/mol. The minimum atomic E-state index is 0.0514. The molecular weight excluding hydrogens is 386 g/mol. The zero-order valence-corrected chi connectivity index (χ0v) is 17.8. The van der Waals surface area contributed by atoms with E-state index < -0.39 is 0 Å². The average molecular weight is 416 g/mol. The smallest absolute Gasteiger partial charge is 0.255 e. The molecule has 6 nitrogen and oxygen atoms in total. The van der Waals surface area contributed by atoms with E-state index in [1.165, 1.54) is 11.1 Å². The van der Waals surface area contributed by atoms with Crippen LogP contribution in [0.4, 0.5) is 0 Å². The van der Waals surface area contributed by atoms with Crippen LogP contribution in [-0.2, 0) is 26.1 Å². The summed E-state index contributed by atoms with van der Waals surface area (Å²) in [6, 6.07) is 14.6. The number of benzene rings is 1. The first-order chi connectivity index (χ1) is 15.2. The van der Waals surface area contributed by atoms with Gasteiger partial charge in [-0.05, 0) is 43.1 Å². The molecular formula is C25H29N5O. The summed E-state index contributed by atoms with van der Waals surface area (Å²) < 4.78 is 0. The van der Waals surface area contributed by atoms with Crippen LogP contribution in [0.1, 0.15) is 47.0 Å². The van der Waals surface area contributed by atoms with Gasteiger partial charge < -0.3 is 4.98 Å². The predicted octanol–water partition coefficient (Wildman–Crippen LogP) is 3.10. The van der Waals surface area contributed by atoms with Crippen LogP contribution in [0.25, 0.3) is 0 Å². The number of hydrogen-bond donors (Lipinski definition) is 1. The molecule has 2 aromatic heterocycles. The number of pyridine rings is 1. The van der Waals surface area contributed by atoms with E-state index in [4.69, 9.17) is 4.98 Å². The van der Waals surface area contributed by atoms with Crippen molar-refractivity contribution in [3.8, 4) is 0 Å². The lowest BCUT2D eigenvalue weighted by Gasteiger charge is -2.32. The van der Waals surface area contributed by atoms with E-state index >= 15 is 0 Å². The van der Waals surface area contributed by atoms with Gasteiger partial charge in [-0.2, -0.15) is 0 Å². The standard InChI is InChI=1S/C25H29N5O/c31-25-22-18-30(16-19-5-2-1-3-6-19)14-10-23(22)27-24(28-25)21-8-12-29(13-9-21)17-20-7-4-11-26-15-20/h1-7,11,15,21H,8-10,12-14,16-18H2,(H,27,28,31). The summed E-state index contributed by atoms with van der Waals surface area (Å²) in [4.78, 5) is 30.0. The van der Waals surface area contributed by atoms with Gasteiger partial charge in [0.2, 0.25) is 0 Å². The summed E-state index contributed by atoms with van der Waals surface area (Å²) in [5.74, 6) is 1.23. The molecule has 4 heterocycles. The molecule has 0 bridgehead atoms. The molecule has 1 fully saturated rings. The van der Waals surface area contributed by atoms with Crippen molar-refractivity contribution in [1.29, 1.82) is 0 Å². The largest absolute Gasteiger partial charge is 0.310 e. The number of H-pyrrole nitrogens is 1. The normalized spacial score (nSPS) is 18.1. The molecule has 0 saturated carbocycles. The minimum Gasteiger partial charge on any atom is -0.310 e. The van der Waals surface area contributed by atoms with E-state index in [-0.39, 0.29) is 5.56 Å². The van der Waals surface area contributed by atoms with Crippen molar-refractivity contribution in [3.63, 3.8) is 0 Å². The number of aromatic nitrogens is 3. The highest BCUT2D eigenvalue weighted by molar-refractivity contribution is 5.23. The molecule has 0 amide bonds. The monoisotopic (exact) mass is 415 g/mol. The van der Waals surface area contributed by atoms with Crippen LogP contribution < -0.4 is 5.56 Å². The number of rotatable bonds is 5. The first-order valence-electron chi connectivity index (χ1n) is 11.2. The zero-order valence-electron chi connectivity index (χ0n) is 17.8. The Bertz CT molecular complexity index is 1060. The molecule has 2 aliphatic heterocycles. The Morgan fingerprint density at radius 3 is 2.48 bits per heavy atom. The third-order valence-corrected chi connectivity index (χ3v) is 6.52. The number of fused-ring (bicyclic) bond motifs is 1. The molecule has 0 unspecified atom stereocenters. The number of hydrogen-bond acceptors (Lipinski definition) is 5. The number of piperidine rings is 1. The van der Waals surface area contributed by atoms with Gasteiger partial charge in [0.1, 0.15) is 5.82 Å². The van der Waals surface area contributed by atoms with E-state index in [2.05, 4.69) is 50.1 Å². The molecule has 6 heteroatoms. The second-order valence-corrected chi connectivity index (χ2v) is 8.73. The lowest BCUT2D eigenvalue weighted by atomic mass is 9.95. The Hall–Kier alpha value is -2.83. The van der Waals surface area contributed by atoms with Gasteiger partial charge in [-0.25, -0.2) is 4.98 Å². The van der Waals surface area contributed by atoms with Crippen molar-refractivity contribution in [2.45, 2.75) is 44.8 Å². The van der Waals surface area contributed by atoms with Gasteiger partial charge in [0, 0.05) is 50.9 Å². The topological polar surface area (TPSA) is 65.1 Å². The SMILES string of the molecule is O=c1[nH]c(C2CCN(Cc3cccnc3)CC2)nc2c1CN(Cc1ccccc1)CC2. The van der Waals surface area contributed by atoms with E-state index in [1.54, 1.807) is 0 Å². The molecule has 160 valence electrons. The van der Waals surface area contributed by atoms with Crippen molar-refractivity contribution >= 4 is 0 Å². The molecule has 0 radical (unpaired) electrons. The second-order valence-electron chi connectivity index (χ2n) is 8.73. The quantitative estimate of drug-likeness (QED) is 0.694. The molecule has 31 heavy (non-hydrogen) atoms. The first-order valence-corrected chi connectivity index (χ1v) is 11.2. The summed E-state index contributed by atoms with van der Waals surface area (Å²) in [6.45, 7) is 5.47. The summed E-state index contributed by atoms with van der Waals surface area (Å²) in [6.07, 6.45) is 6.66. The summed E-state index contributed by atoms with van der Waals surface area (Å²) in [5.41, 5.74) is 4.43. The molecule has 1 N–H and O–H groups in total. The maximum Gasteiger partial charge on any atom is 0.255 e. The Morgan fingerprint density at radius 1 is 0.935 bits per heavy atom. The minimum absolute atomic E-state index is 0.0514. The van der Waals surface area contributed by atoms with Crippen LogP contribution in [0.2, 0.25) is 0 Å². The molecule has 5 rings (SSSR count). The average Bonchev–Trinajstić information content (AvgIpc) is 2.81. The fourth-order valence-electron chi connectivity index (χ4n) is 4.78. The van der Waals surface area contributed by atoms with Crippen molar-refractivity contribution in [2.75, 3.05) is 19.6 Å². The Kier molecular flexibility index (Phi) is 5.91. The molecule has 2 aliphatic rings. The van der Waals surface area contributed by atoms with Crippen LogP contribution in [0, 0.1) is 0 Å². The van der Waals surface area contributed by atoms with E-state index in [0.717, 1.165) is 69.1 Å². The Labute approximate surface area is 183 Å². The van der Waals surface area contributed by atoms with Crippen molar-refractivity contribution < 1.29 is 0 Å². The second kappa shape index (κ2) is 9.12. The fourth-order valence-corrected chi connectivity index (χ4v) is 4.78. The van der Waals surface area contributed by atoms with E-state index in [9.17, 15) is 4.79 Å². The van der Waals surface area contributed by atoms with Gasteiger partial charge in [0.05, 0.1) is 11.3 Å². The molecule has 0 spiro atoms. The summed E-state index contributed by atoms with van der Waals surface area (Å²) in [7, 11) is 0. The number of nitrogens with zero attached hydrogens (tertiary/aromatic N) is 4. The van der Waals surface area contributed by atoms with Crippen LogP contribution in [-0.4, -0.2) is 44.4 Å². The zero-order chi connectivity index (χ0) is 21.0. The third kappa shape index (κ3) is 4.75. The fraction of sp³-hybridized carbons (Fsp3) is 0.400. The molecule has 1 saturated heterocycles. The number of nitrogens with one attached hydrogen (secondary N) is 1. The molecule has 1 aromatic carbocycles. The molecule has 0 aliphatic carbocycles. The molecule has 3 aromatic rings. The van der Waals surface area contributed by atoms with Gasteiger partial charge in [0.15, 0.2) is 0 Å². The maximum absolute atomic E-state index is 12.9. The van der Waals surface area contributed by atoms with E-state index in [1.807, 2.05) is 24.5 Å². The van der Waals surface area contributed by atoms with Gasteiger partial charge in [-0.15, -0.1) is 0 Å². The third-order valence-electron chi connectivity index (χ3n) is 6.52. The van der Waals surface area contributed by atoms with Crippen molar-refractivity contribution in [3.05, 3.63) is 93.4 Å². The number of aromatic amines is 1. The first kappa shape index (κ1) is 20.1. The lowest BCUT2D eigenvalue weighted by molar-refractivity contribution is 0.200. The molecule has 0 atom stereocenters. The highest BCUT2D eigenvalue weighted by Crippen LogP contribution is 2.27. The maximum atomic E-state index is 12.9. The van der Waals surface area contributed by atoms with Crippen LogP contribution in [0.3, 0.4) is 0 Å². The van der Waals surface area contributed by atoms with Gasteiger partial charge in [-0.3, -0.25) is 19.6 Å². The van der Waals surface area contributed by atoms with Gasteiger partial charge >= 0.3 is 0 Å². The highest BCUT2D eigenvalue weighted by atomic mass is 16.1.